The van der Waals surface area contributed by atoms with E-state index in [1.54, 1.807) is 24.4 Å². The highest BCUT2D eigenvalue weighted by atomic mass is 16.5. The van der Waals surface area contributed by atoms with E-state index >= 15 is 0 Å². The lowest BCUT2D eigenvalue weighted by atomic mass is 9.97. The number of aliphatic imine (C=N–C) groups is 1. The summed E-state index contributed by atoms with van der Waals surface area (Å²) in [4.78, 5) is 35.5. The lowest BCUT2D eigenvalue weighted by molar-refractivity contribution is -0.136. The van der Waals surface area contributed by atoms with E-state index in [1.165, 1.54) is 7.11 Å². The van der Waals surface area contributed by atoms with Gasteiger partial charge in [-0.05, 0) is 54.4 Å². The van der Waals surface area contributed by atoms with Crippen molar-refractivity contribution < 1.29 is 24.5 Å². The SMILES string of the molecule is COC(=O)c1ccc2c(C(=Nc3ccc(-c4nccn4C)cc3)c3cccc(CCC(=O)O)c3)c(O)[nH]c2c1. The Labute approximate surface area is 224 Å². The van der Waals surface area contributed by atoms with Gasteiger partial charge in [-0.25, -0.2) is 14.8 Å². The number of aryl methyl sites for hydroxylation is 2. The summed E-state index contributed by atoms with van der Waals surface area (Å²) in [5.74, 6) is -0.642. The number of aliphatic carboxylic acids is 1. The number of nitrogens with one attached hydrogen (secondary N) is 1. The van der Waals surface area contributed by atoms with Gasteiger partial charge in [-0.1, -0.05) is 24.3 Å². The number of carboxylic acids is 1. The Kier molecular flexibility index (Phi) is 6.96. The van der Waals surface area contributed by atoms with Crippen LogP contribution in [0.25, 0.3) is 22.3 Å². The lowest BCUT2D eigenvalue weighted by Gasteiger charge is -2.10. The number of carbonyl (C=O) groups excluding carboxylic acids is 1. The number of hydrogen-bond donors (Lipinski definition) is 3. The molecular formula is C30H26N4O5. The second-order valence-corrected chi connectivity index (χ2v) is 9.06. The zero-order chi connectivity index (χ0) is 27.5. The molecular weight excluding hydrogens is 496 g/mol. The molecule has 0 aliphatic rings. The Bertz CT molecular complexity index is 1710. The van der Waals surface area contributed by atoms with E-state index in [0.29, 0.717) is 45.4 Å². The molecule has 2 heterocycles. The predicted molar refractivity (Wildman–Crippen MR) is 148 cm³/mol. The number of esters is 1. The Morgan fingerprint density at radius 1 is 1.05 bits per heavy atom. The Balaban J connectivity index is 1.64. The number of carbonyl (C=O) groups is 2. The van der Waals surface area contributed by atoms with Crippen LogP contribution < -0.4 is 0 Å². The maximum Gasteiger partial charge on any atom is 0.337 e. The van der Waals surface area contributed by atoms with Crippen LogP contribution in [-0.2, 0) is 23.0 Å². The van der Waals surface area contributed by atoms with Gasteiger partial charge in [0.05, 0.1) is 29.6 Å². The Morgan fingerprint density at radius 3 is 2.54 bits per heavy atom. The Hall–Kier alpha value is -5.18. The number of imidazole rings is 1. The number of carboxylic acid groups (broad SMARTS) is 1. The smallest absolute Gasteiger partial charge is 0.337 e. The average molecular weight is 523 g/mol. The number of H-pyrrole nitrogens is 1. The molecule has 9 nitrogen and oxygen atoms in total. The fraction of sp³-hybridized carbons (Fsp3) is 0.133. The molecule has 5 rings (SSSR count). The van der Waals surface area contributed by atoms with Crippen molar-refractivity contribution in [3.05, 3.63) is 101 Å². The highest BCUT2D eigenvalue weighted by Gasteiger charge is 2.20. The zero-order valence-electron chi connectivity index (χ0n) is 21.4. The molecule has 0 aliphatic carbocycles. The number of aromatic nitrogens is 3. The molecule has 0 saturated carbocycles. The molecule has 0 spiro atoms. The molecule has 0 radical (unpaired) electrons. The molecule has 0 bridgehead atoms. The minimum Gasteiger partial charge on any atom is -0.494 e. The first kappa shape index (κ1) is 25.5. The molecule has 0 unspecified atom stereocenters. The van der Waals surface area contributed by atoms with Crippen LogP contribution >= 0.6 is 0 Å². The number of aromatic amines is 1. The molecule has 196 valence electrons. The van der Waals surface area contributed by atoms with Crippen LogP contribution in [0.15, 0.2) is 84.1 Å². The number of aromatic hydroxyl groups is 1. The maximum absolute atomic E-state index is 12.1. The van der Waals surface area contributed by atoms with Gasteiger partial charge in [0.2, 0.25) is 0 Å². The standard InChI is InChI=1S/C30H26N4O5/c1-34-15-14-31-28(34)19-7-10-22(11-8-19)32-27(20-5-3-4-18(16-20)6-13-25(35)36)26-23-12-9-21(30(38)39-2)17-24(23)33-29(26)37/h3-5,7-12,14-17,33,37H,6,13H2,1-2H3,(H,35,36). The van der Waals surface area contributed by atoms with Gasteiger partial charge in [0, 0.05) is 47.9 Å². The van der Waals surface area contributed by atoms with Crippen LogP contribution in [0.5, 0.6) is 5.88 Å². The maximum atomic E-state index is 12.1. The molecule has 0 fully saturated rings. The second-order valence-electron chi connectivity index (χ2n) is 9.06. The molecule has 0 aliphatic heterocycles. The van der Waals surface area contributed by atoms with Crippen molar-refractivity contribution in [2.45, 2.75) is 12.8 Å². The highest BCUT2D eigenvalue weighted by Crippen LogP contribution is 2.33. The van der Waals surface area contributed by atoms with Crippen LogP contribution in [0.4, 0.5) is 5.69 Å². The molecule has 0 saturated heterocycles. The van der Waals surface area contributed by atoms with Crippen LogP contribution in [0.3, 0.4) is 0 Å². The van der Waals surface area contributed by atoms with E-state index in [1.807, 2.05) is 66.3 Å². The summed E-state index contributed by atoms with van der Waals surface area (Å²) in [6, 6.07) is 20.1. The summed E-state index contributed by atoms with van der Waals surface area (Å²) in [6.07, 6.45) is 3.97. The number of hydrogen-bond acceptors (Lipinski definition) is 6. The number of rotatable bonds is 8. The van der Waals surface area contributed by atoms with Gasteiger partial charge in [-0.3, -0.25) is 4.79 Å². The van der Waals surface area contributed by atoms with Crippen molar-refractivity contribution in [2.24, 2.45) is 12.0 Å². The topological polar surface area (TPSA) is 130 Å². The van der Waals surface area contributed by atoms with Crippen molar-refractivity contribution in [3.8, 4) is 17.3 Å². The summed E-state index contributed by atoms with van der Waals surface area (Å²) in [5.41, 5.74) is 4.97. The highest BCUT2D eigenvalue weighted by molar-refractivity contribution is 6.22. The number of benzene rings is 3. The fourth-order valence-electron chi connectivity index (χ4n) is 4.52. The largest absolute Gasteiger partial charge is 0.494 e. The number of ether oxygens (including phenoxy) is 1. The molecule has 3 N–H and O–H groups in total. The molecule has 0 amide bonds. The van der Waals surface area contributed by atoms with Gasteiger partial charge in [0.25, 0.3) is 0 Å². The van der Waals surface area contributed by atoms with Crippen molar-refractivity contribution in [1.29, 1.82) is 0 Å². The Morgan fingerprint density at radius 2 is 1.85 bits per heavy atom. The van der Waals surface area contributed by atoms with E-state index < -0.39 is 11.9 Å². The summed E-state index contributed by atoms with van der Waals surface area (Å²) in [6.45, 7) is 0. The third kappa shape index (κ3) is 5.28. The molecule has 3 aromatic carbocycles. The first-order valence-corrected chi connectivity index (χ1v) is 12.2. The zero-order valence-corrected chi connectivity index (χ0v) is 21.4. The number of fused-ring (bicyclic) bond motifs is 1. The number of nitrogens with zero attached hydrogens (tertiary/aromatic N) is 3. The molecule has 2 aromatic heterocycles. The van der Waals surface area contributed by atoms with E-state index in [2.05, 4.69) is 9.97 Å². The lowest BCUT2D eigenvalue weighted by Crippen LogP contribution is -2.05. The minimum absolute atomic E-state index is 0.000772. The quantitative estimate of drug-likeness (QED) is 0.189. The van der Waals surface area contributed by atoms with E-state index in [4.69, 9.17) is 14.8 Å². The van der Waals surface area contributed by atoms with Crippen molar-refractivity contribution in [1.82, 2.24) is 14.5 Å². The molecule has 9 heteroatoms. The van der Waals surface area contributed by atoms with E-state index in [0.717, 1.165) is 17.0 Å². The van der Waals surface area contributed by atoms with Gasteiger partial charge < -0.3 is 24.5 Å². The first-order chi connectivity index (χ1) is 18.8. The molecule has 39 heavy (non-hydrogen) atoms. The van der Waals surface area contributed by atoms with Crippen LogP contribution in [-0.4, -0.2) is 49.5 Å². The molecule has 5 aromatic rings. The third-order valence-corrected chi connectivity index (χ3v) is 6.45. The normalized spacial score (nSPS) is 11.6. The summed E-state index contributed by atoms with van der Waals surface area (Å²) >= 11 is 0. The van der Waals surface area contributed by atoms with Gasteiger partial charge >= 0.3 is 11.9 Å². The van der Waals surface area contributed by atoms with Crippen molar-refractivity contribution in [3.63, 3.8) is 0 Å². The van der Waals surface area contributed by atoms with Crippen LogP contribution in [0.1, 0.15) is 33.5 Å². The first-order valence-electron chi connectivity index (χ1n) is 12.2. The summed E-state index contributed by atoms with van der Waals surface area (Å²) in [7, 11) is 3.24. The fourth-order valence-corrected chi connectivity index (χ4v) is 4.52. The van der Waals surface area contributed by atoms with Gasteiger partial charge in [-0.15, -0.1) is 0 Å². The van der Waals surface area contributed by atoms with Crippen molar-refractivity contribution in [2.75, 3.05) is 7.11 Å². The third-order valence-electron chi connectivity index (χ3n) is 6.45. The van der Waals surface area contributed by atoms with Gasteiger partial charge in [0.15, 0.2) is 5.88 Å². The van der Waals surface area contributed by atoms with E-state index in [9.17, 15) is 14.7 Å². The minimum atomic E-state index is -0.877. The van der Waals surface area contributed by atoms with E-state index in [-0.39, 0.29) is 12.3 Å². The summed E-state index contributed by atoms with van der Waals surface area (Å²) in [5, 5.41) is 20.8. The van der Waals surface area contributed by atoms with Crippen molar-refractivity contribution >= 4 is 34.2 Å². The second kappa shape index (κ2) is 10.7. The average Bonchev–Trinajstić information content (AvgIpc) is 3.52. The van der Waals surface area contributed by atoms with Gasteiger partial charge in [0.1, 0.15) is 5.82 Å². The summed E-state index contributed by atoms with van der Waals surface area (Å²) < 4.78 is 6.76. The molecule has 0 atom stereocenters. The van der Waals surface area contributed by atoms with Gasteiger partial charge in [-0.2, -0.15) is 0 Å². The van der Waals surface area contributed by atoms with Crippen LogP contribution in [0, 0.1) is 0 Å². The van der Waals surface area contributed by atoms with Crippen LogP contribution in [0.2, 0.25) is 0 Å². The number of methoxy groups -OCH3 is 1. The monoisotopic (exact) mass is 522 g/mol. The predicted octanol–water partition coefficient (Wildman–Crippen LogP) is 5.25.